The molecule has 0 bridgehead atoms. The Morgan fingerprint density at radius 1 is 0.906 bits per heavy atom. The lowest BCUT2D eigenvalue weighted by atomic mass is 9.85. The van der Waals surface area contributed by atoms with E-state index in [-0.39, 0.29) is 23.4 Å². The Hall–Kier alpha value is -2.17. The van der Waals surface area contributed by atoms with E-state index in [1.165, 1.54) is 15.3 Å². The van der Waals surface area contributed by atoms with Gasteiger partial charge in [0, 0.05) is 45.1 Å². The van der Waals surface area contributed by atoms with Crippen LogP contribution < -0.4 is 9.47 Å². The van der Waals surface area contributed by atoms with Gasteiger partial charge in [0.05, 0.1) is 30.2 Å². The Kier molecular flexibility index (Phi) is 5.63. The number of piperazine rings is 1. The number of ether oxygens (including phenoxy) is 2. The fourth-order valence-corrected chi connectivity index (χ4v) is 6.65. The van der Waals surface area contributed by atoms with Gasteiger partial charge in [-0.25, -0.2) is 8.42 Å². The summed E-state index contributed by atoms with van der Waals surface area (Å²) >= 11 is 0. The molecule has 10 heteroatoms. The summed E-state index contributed by atoms with van der Waals surface area (Å²) in [6, 6.07) is 4.73. The lowest BCUT2D eigenvalue weighted by Gasteiger charge is -2.35. The highest BCUT2D eigenvalue weighted by Gasteiger charge is 2.52. The van der Waals surface area contributed by atoms with Crippen molar-refractivity contribution in [1.29, 1.82) is 0 Å². The molecule has 0 aromatic heterocycles. The molecule has 4 aliphatic rings. The normalized spacial score (nSPS) is 24.3. The molecular weight excluding hydrogens is 434 g/mol. The molecule has 3 aliphatic heterocycles. The minimum Gasteiger partial charge on any atom is -0.490 e. The zero-order chi connectivity index (χ0) is 22.3. The number of hydrogen-bond acceptors (Lipinski definition) is 7. The molecule has 32 heavy (non-hydrogen) atoms. The number of amides is 2. The number of carbonyl (C=O) groups excluding carboxylic acids is 2. The van der Waals surface area contributed by atoms with Crippen LogP contribution in [-0.4, -0.2) is 80.4 Å². The Morgan fingerprint density at radius 2 is 1.59 bits per heavy atom. The number of benzene rings is 1. The number of carbonyl (C=O) groups is 2. The lowest BCUT2D eigenvalue weighted by molar-refractivity contribution is -0.144. The summed E-state index contributed by atoms with van der Waals surface area (Å²) in [7, 11) is -3.67. The highest BCUT2D eigenvalue weighted by atomic mass is 32.2. The molecule has 5 rings (SSSR count). The fourth-order valence-electron chi connectivity index (χ4n) is 5.21. The average molecular weight is 464 g/mol. The first-order valence-electron chi connectivity index (χ1n) is 11.4. The van der Waals surface area contributed by atoms with Gasteiger partial charge in [-0.15, -0.1) is 0 Å². The van der Waals surface area contributed by atoms with Crippen LogP contribution in [0.5, 0.6) is 11.5 Å². The number of likely N-dealkylation sites (tertiary alicyclic amines) is 1. The Morgan fingerprint density at radius 3 is 2.31 bits per heavy atom. The van der Waals surface area contributed by atoms with Crippen LogP contribution in [0.4, 0.5) is 0 Å². The van der Waals surface area contributed by atoms with Gasteiger partial charge in [-0.1, -0.05) is 12.8 Å². The molecule has 3 heterocycles. The van der Waals surface area contributed by atoms with Crippen molar-refractivity contribution in [3.05, 3.63) is 18.2 Å². The summed E-state index contributed by atoms with van der Waals surface area (Å²) in [5.74, 6) is 0.877. The quantitative estimate of drug-likeness (QED) is 0.623. The van der Waals surface area contributed by atoms with Crippen LogP contribution in [0.3, 0.4) is 0 Å². The molecule has 2 saturated heterocycles. The minimum atomic E-state index is -3.67. The molecule has 1 spiro atoms. The third-order valence-electron chi connectivity index (χ3n) is 7.08. The number of hydrogen-bond donors (Lipinski definition) is 0. The van der Waals surface area contributed by atoms with Crippen LogP contribution in [0.2, 0.25) is 0 Å². The maximum Gasteiger partial charge on any atom is 0.243 e. The van der Waals surface area contributed by atoms with Crippen LogP contribution in [0.1, 0.15) is 38.5 Å². The van der Waals surface area contributed by atoms with Crippen LogP contribution >= 0.6 is 0 Å². The third kappa shape index (κ3) is 3.78. The van der Waals surface area contributed by atoms with Crippen molar-refractivity contribution in [2.45, 2.75) is 43.4 Å². The van der Waals surface area contributed by atoms with Crippen molar-refractivity contribution in [1.82, 2.24) is 14.1 Å². The fraction of sp³-hybridized carbons (Fsp3) is 0.636. The van der Waals surface area contributed by atoms with E-state index in [4.69, 9.17) is 9.47 Å². The second kappa shape index (κ2) is 8.31. The van der Waals surface area contributed by atoms with Gasteiger partial charge in [-0.2, -0.15) is 4.31 Å². The summed E-state index contributed by atoms with van der Waals surface area (Å²) < 4.78 is 39.0. The van der Waals surface area contributed by atoms with Gasteiger partial charge >= 0.3 is 0 Å². The SMILES string of the molecule is O=C1CC2(CCCC2)C(=O)N1CN1CCN(S(=O)(=O)c2ccc3c(c2)OCCCO3)CC1. The summed E-state index contributed by atoms with van der Waals surface area (Å²) in [5, 5.41) is 0. The molecule has 1 aliphatic carbocycles. The number of fused-ring (bicyclic) bond motifs is 1. The first-order valence-corrected chi connectivity index (χ1v) is 12.8. The van der Waals surface area contributed by atoms with Crippen LogP contribution in [0, 0.1) is 5.41 Å². The first-order chi connectivity index (χ1) is 15.4. The van der Waals surface area contributed by atoms with Gasteiger partial charge in [0.1, 0.15) is 0 Å². The standard InChI is InChI=1S/C22H29N3O6S/c26-20-15-22(6-1-2-7-22)21(27)25(20)16-23-8-10-24(11-9-23)32(28,29)17-4-5-18-19(14-17)31-13-3-12-30-18/h4-5,14H,1-3,6-13,15-16H2. The van der Waals surface area contributed by atoms with E-state index in [2.05, 4.69) is 0 Å². The number of rotatable bonds is 4. The van der Waals surface area contributed by atoms with Crippen molar-refractivity contribution in [2.75, 3.05) is 46.1 Å². The molecule has 1 aromatic rings. The van der Waals surface area contributed by atoms with E-state index in [1.807, 2.05) is 4.90 Å². The van der Waals surface area contributed by atoms with Crippen molar-refractivity contribution in [3.63, 3.8) is 0 Å². The average Bonchev–Trinajstić information content (AvgIpc) is 3.24. The van der Waals surface area contributed by atoms with E-state index < -0.39 is 15.4 Å². The maximum absolute atomic E-state index is 13.2. The van der Waals surface area contributed by atoms with Crippen LogP contribution in [-0.2, 0) is 19.6 Å². The largest absolute Gasteiger partial charge is 0.490 e. The van der Waals surface area contributed by atoms with E-state index in [0.29, 0.717) is 57.3 Å². The van der Waals surface area contributed by atoms with Crippen LogP contribution in [0.15, 0.2) is 23.1 Å². The first kappa shape index (κ1) is 21.7. The van der Waals surface area contributed by atoms with Gasteiger partial charge in [-0.3, -0.25) is 19.4 Å². The van der Waals surface area contributed by atoms with Crippen molar-refractivity contribution >= 4 is 21.8 Å². The third-order valence-corrected chi connectivity index (χ3v) is 8.97. The predicted octanol–water partition coefficient (Wildman–Crippen LogP) is 1.43. The maximum atomic E-state index is 13.2. The van der Waals surface area contributed by atoms with E-state index in [9.17, 15) is 18.0 Å². The number of sulfonamides is 1. The minimum absolute atomic E-state index is 0.0396. The lowest BCUT2D eigenvalue weighted by Crippen LogP contribution is -2.52. The summed E-state index contributed by atoms with van der Waals surface area (Å²) in [6.07, 6.45) is 4.68. The highest BCUT2D eigenvalue weighted by Crippen LogP contribution is 2.46. The second-order valence-electron chi connectivity index (χ2n) is 9.11. The number of imide groups is 1. The summed E-state index contributed by atoms with van der Waals surface area (Å²) in [5.41, 5.74) is -0.473. The Bertz CT molecular complexity index is 1010. The molecule has 0 unspecified atom stereocenters. The van der Waals surface area contributed by atoms with Gasteiger partial charge < -0.3 is 9.47 Å². The molecule has 9 nitrogen and oxygen atoms in total. The van der Waals surface area contributed by atoms with Gasteiger partial charge in [-0.05, 0) is 25.0 Å². The van der Waals surface area contributed by atoms with E-state index in [1.54, 1.807) is 12.1 Å². The van der Waals surface area contributed by atoms with Crippen molar-refractivity contribution in [2.24, 2.45) is 5.41 Å². The molecule has 174 valence electrons. The zero-order valence-electron chi connectivity index (χ0n) is 18.1. The molecule has 1 aromatic carbocycles. The molecule has 0 atom stereocenters. The molecule has 2 amide bonds. The van der Waals surface area contributed by atoms with Crippen LogP contribution in [0.25, 0.3) is 0 Å². The Labute approximate surface area is 188 Å². The summed E-state index contributed by atoms with van der Waals surface area (Å²) in [4.78, 5) is 29.0. The monoisotopic (exact) mass is 463 g/mol. The molecular formula is C22H29N3O6S. The molecule has 0 N–H and O–H groups in total. The van der Waals surface area contributed by atoms with E-state index >= 15 is 0 Å². The molecule has 1 saturated carbocycles. The topological polar surface area (TPSA) is 96.5 Å². The number of nitrogens with zero attached hydrogens (tertiary/aromatic N) is 3. The molecule has 3 fully saturated rings. The second-order valence-corrected chi connectivity index (χ2v) is 11.1. The summed E-state index contributed by atoms with van der Waals surface area (Å²) in [6.45, 7) is 2.82. The smallest absolute Gasteiger partial charge is 0.243 e. The molecule has 0 radical (unpaired) electrons. The highest BCUT2D eigenvalue weighted by molar-refractivity contribution is 7.89. The van der Waals surface area contributed by atoms with Gasteiger partial charge in [0.25, 0.3) is 0 Å². The van der Waals surface area contributed by atoms with E-state index in [0.717, 1.165) is 32.1 Å². The van der Waals surface area contributed by atoms with Crippen molar-refractivity contribution < 1.29 is 27.5 Å². The van der Waals surface area contributed by atoms with Crippen molar-refractivity contribution in [3.8, 4) is 11.5 Å². The Balaban J connectivity index is 1.22. The van der Waals surface area contributed by atoms with Gasteiger partial charge in [0.2, 0.25) is 21.8 Å². The predicted molar refractivity (Wildman–Crippen MR) is 115 cm³/mol. The van der Waals surface area contributed by atoms with Gasteiger partial charge in [0.15, 0.2) is 11.5 Å². The zero-order valence-corrected chi connectivity index (χ0v) is 18.9.